The predicted molar refractivity (Wildman–Crippen MR) is 121 cm³/mol. The minimum Gasteiger partial charge on any atom is -0.489 e. The molecule has 6 heteroatoms. The van der Waals surface area contributed by atoms with Crippen LogP contribution >= 0.6 is 11.3 Å². The lowest BCUT2D eigenvalue weighted by atomic mass is 10.1. The van der Waals surface area contributed by atoms with Crippen molar-refractivity contribution >= 4 is 22.7 Å². The average molecular weight is 411 g/mol. The van der Waals surface area contributed by atoms with E-state index in [-0.39, 0.29) is 0 Å². The van der Waals surface area contributed by atoms with E-state index in [9.17, 15) is 0 Å². The number of rotatable bonds is 7. The second-order valence-corrected chi connectivity index (χ2v) is 7.31. The maximum absolute atomic E-state index is 8.99. The highest BCUT2D eigenvalue weighted by Gasteiger charge is 2.03. The van der Waals surface area contributed by atoms with Gasteiger partial charge in [0.1, 0.15) is 12.4 Å². The van der Waals surface area contributed by atoms with E-state index in [1.807, 2.05) is 78.2 Å². The van der Waals surface area contributed by atoms with Gasteiger partial charge >= 0.3 is 0 Å². The number of hydrogen-bond acceptors (Lipinski definition) is 6. The van der Waals surface area contributed by atoms with E-state index < -0.39 is 0 Å². The summed E-state index contributed by atoms with van der Waals surface area (Å²) in [6.45, 7) is 0.399. The molecule has 0 atom stereocenters. The van der Waals surface area contributed by atoms with Crippen LogP contribution in [0.25, 0.3) is 11.3 Å². The normalized spacial score (nSPS) is 10.6. The maximum atomic E-state index is 8.99. The van der Waals surface area contributed by atoms with Crippen LogP contribution in [0, 0.1) is 11.3 Å². The van der Waals surface area contributed by atoms with Crippen LogP contribution < -0.4 is 10.2 Å². The topological polar surface area (TPSA) is 70.3 Å². The molecule has 30 heavy (non-hydrogen) atoms. The second kappa shape index (κ2) is 9.50. The molecule has 3 aromatic carbocycles. The largest absolute Gasteiger partial charge is 0.489 e. The number of anilines is 1. The van der Waals surface area contributed by atoms with Crippen molar-refractivity contribution in [3.63, 3.8) is 0 Å². The third-order valence-electron chi connectivity index (χ3n) is 4.27. The van der Waals surface area contributed by atoms with Gasteiger partial charge in [-0.3, -0.25) is 5.43 Å². The Morgan fingerprint density at radius 1 is 1.03 bits per heavy atom. The van der Waals surface area contributed by atoms with Crippen molar-refractivity contribution in [1.82, 2.24) is 4.98 Å². The van der Waals surface area contributed by atoms with Crippen LogP contribution in [-0.4, -0.2) is 11.2 Å². The van der Waals surface area contributed by atoms with Gasteiger partial charge in [0.2, 0.25) is 5.13 Å². The Balaban J connectivity index is 1.35. The van der Waals surface area contributed by atoms with Crippen LogP contribution in [0.3, 0.4) is 0 Å². The minimum absolute atomic E-state index is 0.399. The van der Waals surface area contributed by atoms with E-state index >= 15 is 0 Å². The number of nitrogens with one attached hydrogen (secondary N) is 1. The molecule has 4 rings (SSSR count). The maximum Gasteiger partial charge on any atom is 0.203 e. The van der Waals surface area contributed by atoms with Gasteiger partial charge in [-0.25, -0.2) is 4.98 Å². The lowest BCUT2D eigenvalue weighted by Gasteiger charge is -2.07. The van der Waals surface area contributed by atoms with Crippen molar-refractivity contribution in [2.75, 3.05) is 5.43 Å². The predicted octanol–water partition coefficient (Wildman–Crippen LogP) is 5.71. The number of benzene rings is 3. The van der Waals surface area contributed by atoms with E-state index in [1.165, 1.54) is 11.3 Å². The van der Waals surface area contributed by atoms with Gasteiger partial charge in [-0.05, 0) is 35.4 Å². The Labute approximate surface area is 178 Å². The Hall–Kier alpha value is -3.95. The summed E-state index contributed by atoms with van der Waals surface area (Å²) >= 11 is 1.51. The SMILES string of the molecule is N#Cc1cccc(COc2cccc(C=NNc3nc(-c4ccccc4)cs3)c2)c1. The van der Waals surface area contributed by atoms with Crippen LogP contribution in [0.15, 0.2) is 89.3 Å². The van der Waals surface area contributed by atoms with Crippen molar-refractivity contribution < 1.29 is 4.74 Å². The number of hydrogen-bond donors (Lipinski definition) is 1. The number of hydrazone groups is 1. The molecule has 0 aliphatic rings. The molecule has 0 fully saturated rings. The lowest BCUT2D eigenvalue weighted by molar-refractivity contribution is 0.306. The summed E-state index contributed by atoms with van der Waals surface area (Å²) < 4.78 is 5.85. The number of ether oxygens (including phenoxy) is 1. The first-order chi connectivity index (χ1) is 14.8. The van der Waals surface area contributed by atoms with E-state index in [4.69, 9.17) is 10.00 Å². The van der Waals surface area contributed by atoms with Gasteiger partial charge in [0.05, 0.1) is 23.5 Å². The molecule has 1 aromatic heterocycles. The van der Waals surface area contributed by atoms with Gasteiger partial charge in [-0.15, -0.1) is 11.3 Å². The number of thiazole rings is 1. The molecule has 0 bridgehead atoms. The third-order valence-corrected chi connectivity index (χ3v) is 5.01. The summed E-state index contributed by atoms with van der Waals surface area (Å²) in [6, 6.07) is 27.2. The highest BCUT2D eigenvalue weighted by Crippen LogP contribution is 2.24. The van der Waals surface area contributed by atoms with Gasteiger partial charge < -0.3 is 4.74 Å². The number of aromatic nitrogens is 1. The summed E-state index contributed by atoms with van der Waals surface area (Å²) in [5, 5.41) is 16.0. The zero-order chi connectivity index (χ0) is 20.6. The first-order valence-corrected chi connectivity index (χ1v) is 10.2. The fourth-order valence-corrected chi connectivity index (χ4v) is 3.48. The summed E-state index contributed by atoms with van der Waals surface area (Å²) in [4.78, 5) is 4.55. The number of nitriles is 1. The van der Waals surface area contributed by atoms with E-state index in [0.717, 1.165) is 33.3 Å². The highest BCUT2D eigenvalue weighted by atomic mass is 32.1. The molecule has 0 aliphatic heterocycles. The summed E-state index contributed by atoms with van der Waals surface area (Å²) in [7, 11) is 0. The van der Waals surface area contributed by atoms with Crippen molar-refractivity contribution in [2.24, 2.45) is 5.10 Å². The van der Waals surface area contributed by atoms with Crippen molar-refractivity contribution in [2.45, 2.75) is 6.61 Å². The van der Waals surface area contributed by atoms with Crippen LogP contribution in [0.2, 0.25) is 0 Å². The van der Waals surface area contributed by atoms with E-state index in [2.05, 4.69) is 21.6 Å². The van der Waals surface area contributed by atoms with Crippen LogP contribution in [-0.2, 0) is 6.61 Å². The molecular formula is C24H18N4OS. The Morgan fingerprint density at radius 2 is 1.90 bits per heavy atom. The first kappa shape index (κ1) is 19.4. The quantitative estimate of drug-likeness (QED) is 0.313. The Morgan fingerprint density at radius 3 is 2.77 bits per heavy atom. The fraction of sp³-hybridized carbons (Fsp3) is 0.0417. The molecule has 1 heterocycles. The van der Waals surface area contributed by atoms with Gasteiger partial charge in [0, 0.05) is 10.9 Å². The minimum atomic E-state index is 0.399. The van der Waals surface area contributed by atoms with Crippen LogP contribution in [0.4, 0.5) is 5.13 Å². The zero-order valence-electron chi connectivity index (χ0n) is 16.0. The van der Waals surface area contributed by atoms with Crippen molar-refractivity contribution in [3.05, 3.63) is 101 Å². The molecule has 5 nitrogen and oxygen atoms in total. The monoisotopic (exact) mass is 410 g/mol. The Bertz CT molecular complexity index is 1200. The molecule has 1 N–H and O–H groups in total. The van der Waals surface area contributed by atoms with Crippen molar-refractivity contribution in [1.29, 1.82) is 5.26 Å². The molecule has 0 amide bonds. The number of nitrogens with zero attached hydrogens (tertiary/aromatic N) is 3. The zero-order valence-corrected chi connectivity index (χ0v) is 16.8. The van der Waals surface area contributed by atoms with Crippen LogP contribution in [0.5, 0.6) is 5.75 Å². The van der Waals surface area contributed by atoms with Crippen LogP contribution in [0.1, 0.15) is 16.7 Å². The molecule has 0 saturated heterocycles. The average Bonchev–Trinajstić information content (AvgIpc) is 3.28. The first-order valence-electron chi connectivity index (χ1n) is 9.32. The molecular weight excluding hydrogens is 392 g/mol. The van der Waals surface area contributed by atoms with Gasteiger partial charge in [-0.1, -0.05) is 54.6 Å². The highest BCUT2D eigenvalue weighted by molar-refractivity contribution is 7.14. The molecule has 0 spiro atoms. The van der Waals surface area contributed by atoms with Crippen molar-refractivity contribution in [3.8, 4) is 23.1 Å². The smallest absolute Gasteiger partial charge is 0.203 e. The molecule has 0 unspecified atom stereocenters. The molecule has 0 saturated carbocycles. The fourth-order valence-electron chi connectivity index (χ4n) is 2.81. The summed E-state index contributed by atoms with van der Waals surface area (Å²) in [5.74, 6) is 0.738. The van der Waals surface area contributed by atoms with E-state index in [1.54, 1.807) is 12.3 Å². The molecule has 146 valence electrons. The molecule has 0 aliphatic carbocycles. The summed E-state index contributed by atoms with van der Waals surface area (Å²) in [5.41, 5.74) is 7.47. The standard InChI is InChI=1S/C24H18N4OS/c25-14-18-6-4-8-20(12-18)16-29-22-11-5-7-19(13-22)15-26-28-24-27-23(17-30-24)21-9-2-1-3-10-21/h1-13,15,17H,16H2,(H,27,28). The lowest BCUT2D eigenvalue weighted by Crippen LogP contribution is -1.97. The van der Waals surface area contributed by atoms with Gasteiger partial charge in [0.25, 0.3) is 0 Å². The molecule has 0 radical (unpaired) electrons. The van der Waals surface area contributed by atoms with E-state index in [0.29, 0.717) is 12.2 Å². The Kier molecular flexibility index (Phi) is 6.13. The second-order valence-electron chi connectivity index (χ2n) is 6.45. The third kappa shape index (κ3) is 5.10. The molecule has 4 aromatic rings. The summed E-state index contributed by atoms with van der Waals surface area (Å²) in [6.07, 6.45) is 1.73. The van der Waals surface area contributed by atoms with Gasteiger partial charge in [-0.2, -0.15) is 10.4 Å². The van der Waals surface area contributed by atoms with Gasteiger partial charge in [0.15, 0.2) is 0 Å².